The zero-order chi connectivity index (χ0) is 21.6. The Labute approximate surface area is 174 Å². The van der Waals surface area contributed by atoms with Gasteiger partial charge in [0, 0.05) is 11.6 Å². The lowest BCUT2D eigenvalue weighted by Gasteiger charge is -2.14. The summed E-state index contributed by atoms with van der Waals surface area (Å²) < 4.78 is 61.7. The second-order valence-electron chi connectivity index (χ2n) is 6.46. The number of rotatable bonds is 0. The van der Waals surface area contributed by atoms with Gasteiger partial charge in [-0.1, -0.05) is 35.9 Å². The van der Waals surface area contributed by atoms with E-state index in [0.29, 0.717) is 11.6 Å². The van der Waals surface area contributed by atoms with E-state index in [9.17, 15) is 27.1 Å². The number of phenolic OH excluding ortho intramolecular Hbond substituents is 1. The average molecular weight is 452 g/mol. The van der Waals surface area contributed by atoms with Crippen LogP contribution in [0.5, 0.6) is 5.75 Å². The van der Waals surface area contributed by atoms with E-state index in [2.05, 4.69) is 4.72 Å². The van der Waals surface area contributed by atoms with Gasteiger partial charge in [0.2, 0.25) is 0 Å². The van der Waals surface area contributed by atoms with E-state index in [1.165, 1.54) is 6.07 Å². The van der Waals surface area contributed by atoms with Crippen LogP contribution in [0.25, 0.3) is 11.1 Å². The number of carbonyl (C=O) groups is 1. The van der Waals surface area contributed by atoms with Gasteiger partial charge in [-0.3, -0.25) is 4.72 Å². The van der Waals surface area contributed by atoms with Crippen LogP contribution < -0.4 is 4.72 Å². The van der Waals surface area contributed by atoms with Crippen molar-refractivity contribution in [1.29, 1.82) is 0 Å². The molecule has 0 amide bonds. The third kappa shape index (κ3) is 3.46. The van der Waals surface area contributed by atoms with Crippen LogP contribution in [-0.4, -0.2) is 19.5 Å². The van der Waals surface area contributed by atoms with Gasteiger partial charge < -0.3 is 9.84 Å². The third-order valence-corrected chi connectivity index (χ3v) is 6.18. The third-order valence-electron chi connectivity index (χ3n) is 4.50. The van der Waals surface area contributed by atoms with Crippen LogP contribution in [0.15, 0.2) is 53.4 Å². The summed E-state index contributed by atoms with van der Waals surface area (Å²) in [6.45, 7) is -0.297. The Bertz CT molecular complexity index is 1310. The normalized spacial score (nSPS) is 15.0. The summed E-state index contributed by atoms with van der Waals surface area (Å²) >= 11 is 5.88. The number of benzene rings is 3. The van der Waals surface area contributed by atoms with Crippen molar-refractivity contribution in [3.63, 3.8) is 0 Å². The molecule has 1 aliphatic rings. The summed E-state index contributed by atoms with van der Waals surface area (Å²) in [5, 5.41) is 9.72. The number of hydrogen-bond acceptors (Lipinski definition) is 5. The Morgan fingerprint density at radius 3 is 2.57 bits per heavy atom. The first-order valence-corrected chi connectivity index (χ1v) is 10.3. The Hall–Kier alpha value is -3.17. The minimum absolute atomic E-state index is 0.217. The zero-order valence-corrected chi connectivity index (χ0v) is 16.5. The molecule has 1 aliphatic heterocycles. The summed E-state index contributed by atoms with van der Waals surface area (Å²) in [4.78, 5) is 11.7. The summed E-state index contributed by atoms with van der Waals surface area (Å²) in [6.07, 6.45) is 0. The van der Waals surface area contributed by atoms with E-state index in [4.69, 9.17) is 16.3 Å². The predicted molar refractivity (Wildman–Crippen MR) is 105 cm³/mol. The van der Waals surface area contributed by atoms with E-state index in [-0.39, 0.29) is 29.0 Å². The Balaban J connectivity index is 2.01. The van der Waals surface area contributed by atoms with Gasteiger partial charge in [0.25, 0.3) is 10.0 Å². The molecular formula is C20H12ClF2NO5S. The van der Waals surface area contributed by atoms with Crippen LogP contribution in [0.4, 0.5) is 14.5 Å². The smallest absolute Gasteiger partial charge is 0.338 e. The number of fused-ring (bicyclic) bond motifs is 6. The molecule has 0 fully saturated rings. The fourth-order valence-corrected chi connectivity index (χ4v) is 4.55. The van der Waals surface area contributed by atoms with Crippen LogP contribution >= 0.6 is 11.6 Å². The lowest BCUT2D eigenvalue weighted by atomic mass is 9.99. The summed E-state index contributed by atoms with van der Waals surface area (Å²) in [5.41, 5.74) is -0.152. The number of nitrogens with one attached hydrogen (secondary N) is 1. The average Bonchev–Trinajstić information content (AvgIpc) is 2.70. The molecule has 6 nitrogen and oxygen atoms in total. The topological polar surface area (TPSA) is 92.7 Å². The number of anilines is 1. The van der Waals surface area contributed by atoms with E-state index in [1.807, 2.05) is 0 Å². The number of aromatic hydroxyl groups is 1. The summed E-state index contributed by atoms with van der Waals surface area (Å²) in [7, 11) is -4.52. The number of sulfonamides is 1. The first-order valence-electron chi connectivity index (χ1n) is 8.47. The van der Waals surface area contributed by atoms with Crippen LogP contribution in [0, 0.1) is 11.6 Å². The summed E-state index contributed by atoms with van der Waals surface area (Å²) in [6, 6.07) is 9.97. The lowest BCUT2D eigenvalue weighted by Crippen LogP contribution is -2.15. The highest BCUT2D eigenvalue weighted by Crippen LogP contribution is 2.36. The van der Waals surface area contributed by atoms with Gasteiger partial charge >= 0.3 is 5.97 Å². The van der Waals surface area contributed by atoms with Gasteiger partial charge in [-0.15, -0.1) is 0 Å². The molecule has 0 saturated carbocycles. The number of halogens is 3. The Morgan fingerprint density at radius 1 is 1.07 bits per heavy atom. The standard InChI is InChI=1S/C20H12ClF2NO5S/c21-15-5-11-6-17(19(15)25)30(27,28)24-12-7-14(18(23)16(22)8-12)13-4-2-1-3-10(13)9-29-20(11)26/h1-8,24-25H,9H2. The molecule has 3 aromatic carbocycles. The van der Waals surface area contributed by atoms with Gasteiger partial charge in [-0.05, 0) is 29.3 Å². The van der Waals surface area contributed by atoms with Crippen LogP contribution in [-0.2, 0) is 21.4 Å². The first kappa shape index (κ1) is 20.1. The molecule has 30 heavy (non-hydrogen) atoms. The highest BCUT2D eigenvalue weighted by atomic mass is 35.5. The molecule has 4 bridgehead atoms. The molecular weight excluding hydrogens is 440 g/mol. The molecule has 0 aromatic heterocycles. The SMILES string of the molecule is O=C1OCc2ccccc2-c2cc(cc(F)c2F)NS(=O)(=O)c2cc1cc(Cl)c2O. The molecule has 4 rings (SSSR count). The fourth-order valence-electron chi connectivity index (χ4n) is 3.09. The van der Waals surface area contributed by atoms with E-state index >= 15 is 0 Å². The second-order valence-corrected chi connectivity index (χ2v) is 8.52. The van der Waals surface area contributed by atoms with Crippen LogP contribution in [0.2, 0.25) is 5.02 Å². The van der Waals surface area contributed by atoms with E-state index in [0.717, 1.165) is 18.2 Å². The highest BCUT2D eigenvalue weighted by Gasteiger charge is 2.26. The molecule has 0 unspecified atom stereocenters. The molecule has 1 heterocycles. The first-order chi connectivity index (χ1) is 14.2. The molecule has 154 valence electrons. The quantitative estimate of drug-likeness (QED) is 0.492. The van der Waals surface area contributed by atoms with Crippen LogP contribution in [0.3, 0.4) is 0 Å². The van der Waals surface area contributed by atoms with E-state index in [1.54, 1.807) is 18.2 Å². The highest BCUT2D eigenvalue weighted by molar-refractivity contribution is 7.92. The maximum Gasteiger partial charge on any atom is 0.338 e. The van der Waals surface area contributed by atoms with Crippen molar-refractivity contribution in [3.05, 3.63) is 76.3 Å². The molecule has 0 spiro atoms. The van der Waals surface area contributed by atoms with Crippen LogP contribution in [0.1, 0.15) is 15.9 Å². The van der Waals surface area contributed by atoms with Gasteiger partial charge in [0.1, 0.15) is 11.5 Å². The zero-order valence-electron chi connectivity index (χ0n) is 14.9. The summed E-state index contributed by atoms with van der Waals surface area (Å²) in [5.74, 6) is -4.21. The molecule has 0 atom stereocenters. The second kappa shape index (κ2) is 7.26. The number of ether oxygens (including phenoxy) is 1. The lowest BCUT2D eigenvalue weighted by molar-refractivity contribution is 0.0473. The number of carbonyl (C=O) groups excluding carboxylic acids is 1. The Kier molecular flexibility index (Phi) is 4.87. The Morgan fingerprint density at radius 2 is 1.80 bits per heavy atom. The monoisotopic (exact) mass is 451 g/mol. The maximum absolute atomic E-state index is 14.6. The number of cyclic esters (lactones) is 1. The molecule has 10 heteroatoms. The number of hydrogen-bond donors (Lipinski definition) is 2. The number of phenols is 1. The van der Waals surface area contributed by atoms with Crippen molar-refractivity contribution >= 4 is 33.3 Å². The van der Waals surface area contributed by atoms with Crippen molar-refractivity contribution < 1.29 is 31.8 Å². The molecule has 3 aromatic rings. The maximum atomic E-state index is 14.6. The van der Waals surface area contributed by atoms with Gasteiger partial charge in [0.05, 0.1) is 16.3 Å². The van der Waals surface area contributed by atoms with Gasteiger partial charge in [-0.25, -0.2) is 22.0 Å². The van der Waals surface area contributed by atoms with Gasteiger partial charge in [-0.2, -0.15) is 0 Å². The molecule has 0 aliphatic carbocycles. The van der Waals surface area contributed by atoms with Crippen molar-refractivity contribution in [2.24, 2.45) is 0 Å². The van der Waals surface area contributed by atoms with Crippen molar-refractivity contribution in [2.75, 3.05) is 4.72 Å². The number of esters is 1. The molecule has 0 saturated heterocycles. The molecule has 0 radical (unpaired) electrons. The minimum Gasteiger partial charge on any atom is -0.505 e. The van der Waals surface area contributed by atoms with Crippen molar-refractivity contribution in [1.82, 2.24) is 0 Å². The largest absolute Gasteiger partial charge is 0.505 e. The predicted octanol–water partition coefficient (Wildman–Crippen LogP) is 4.46. The van der Waals surface area contributed by atoms with Gasteiger partial charge in [0.15, 0.2) is 17.4 Å². The van der Waals surface area contributed by atoms with Crippen molar-refractivity contribution in [3.8, 4) is 16.9 Å². The fraction of sp³-hybridized carbons (Fsp3) is 0.0500. The minimum atomic E-state index is -4.52. The van der Waals surface area contributed by atoms with E-state index < -0.39 is 43.3 Å². The van der Waals surface area contributed by atoms with Crippen molar-refractivity contribution in [2.45, 2.75) is 11.5 Å². The molecule has 2 N–H and O–H groups in total.